The molecule has 0 fully saturated rings. The van der Waals surface area contributed by atoms with Gasteiger partial charge in [-0.15, -0.1) is 0 Å². The summed E-state index contributed by atoms with van der Waals surface area (Å²) in [5.74, 6) is -0.167. The van der Waals surface area contributed by atoms with Crippen molar-refractivity contribution in [3.63, 3.8) is 0 Å². The fourth-order valence-electron chi connectivity index (χ4n) is 2.93. The molecule has 0 N–H and O–H groups in total. The number of unbranched alkanes of at least 4 members (excludes halogenated alkanes) is 9. The molecule has 31 heavy (non-hydrogen) atoms. The van der Waals surface area contributed by atoms with E-state index in [-0.39, 0.29) is 4.91 Å². The molecule has 1 atom stereocenters. The minimum absolute atomic E-state index is 0.00553. The summed E-state index contributed by atoms with van der Waals surface area (Å²) in [7, 11) is 3.73. The first-order chi connectivity index (χ1) is 15.0. The maximum Gasteiger partial charge on any atom is 0.350 e. The largest absolute Gasteiger partial charge is 0.462 e. The predicted octanol–water partition coefficient (Wildman–Crippen LogP) is 6.15. The lowest BCUT2D eigenvalue weighted by molar-refractivity contribution is -0.138. The number of carbonyl (C=O) groups excluding carboxylic acids is 1. The molecule has 0 aliphatic carbocycles. The summed E-state index contributed by atoms with van der Waals surface area (Å²) in [5, 5.41) is 0. The fourth-order valence-corrected chi connectivity index (χ4v) is 3.69. The van der Waals surface area contributed by atoms with E-state index in [1.54, 1.807) is 36.5 Å². The van der Waals surface area contributed by atoms with Crippen LogP contribution in [0, 0.1) is 0 Å². The van der Waals surface area contributed by atoms with Crippen LogP contribution in [0.15, 0.2) is 53.6 Å². The van der Waals surface area contributed by atoms with Crippen molar-refractivity contribution in [3.05, 3.63) is 53.6 Å². The topological polar surface area (TPSA) is 55.8 Å². The van der Waals surface area contributed by atoms with Crippen LogP contribution in [0.2, 0.25) is 0 Å². The highest BCUT2D eigenvalue weighted by Gasteiger charge is 2.20. The van der Waals surface area contributed by atoms with Crippen molar-refractivity contribution in [1.82, 2.24) is 4.90 Å². The van der Waals surface area contributed by atoms with E-state index in [1.807, 2.05) is 25.1 Å². The number of esters is 1. The van der Waals surface area contributed by atoms with Gasteiger partial charge in [0, 0.05) is 14.1 Å². The molecule has 0 aliphatic rings. The van der Waals surface area contributed by atoms with Crippen LogP contribution < -0.4 is 4.18 Å². The lowest BCUT2D eigenvalue weighted by Crippen LogP contribution is -2.16. The number of ether oxygens (including phenoxy) is 1. The molecule has 0 amide bonds. The molecule has 1 aromatic rings. The summed E-state index contributed by atoms with van der Waals surface area (Å²) < 4.78 is 23.4. The van der Waals surface area contributed by atoms with Gasteiger partial charge in [0.15, 0.2) is 4.91 Å². The van der Waals surface area contributed by atoms with Crippen molar-refractivity contribution < 1.29 is 17.9 Å². The van der Waals surface area contributed by atoms with Gasteiger partial charge in [-0.25, -0.2) is 9.00 Å². The molecule has 0 bridgehead atoms. The molecule has 1 unspecified atom stereocenters. The molecule has 0 saturated heterocycles. The van der Waals surface area contributed by atoms with Crippen molar-refractivity contribution in [2.24, 2.45) is 0 Å². The number of hydrogen-bond acceptors (Lipinski definition) is 5. The van der Waals surface area contributed by atoms with E-state index in [2.05, 4.69) is 6.92 Å². The van der Waals surface area contributed by atoms with Gasteiger partial charge in [-0.1, -0.05) is 82.9 Å². The van der Waals surface area contributed by atoms with Crippen LogP contribution in [-0.4, -0.2) is 35.8 Å². The highest BCUT2D eigenvalue weighted by atomic mass is 32.2. The van der Waals surface area contributed by atoms with Gasteiger partial charge in [0.2, 0.25) is 11.1 Å². The van der Waals surface area contributed by atoms with Crippen molar-refractivity contribution in [1.29, 1.82) is 0 Å². The number of carbonyl (C=O) groups is 1. The number of nitrogens with zero attached hydrogens (tertiary/aromatic N) is 1. The molecule has 0 aromatic heterocycles. The smallest absolute Gasteiger partial charge is 0.350 e. The molecule has 0 saturated carbocycles. The summed E-state index contributed by atoms with van der Waals surface area (Å²) in [6.45, 7) is 2.56. The third kappa shape index (κ3) is 13.8. The van der Waals surface area contributed by atoms with E-state index in [1.165, 1.54) is 51.0 Å². The Kier molecular flexibility index (Phi) is 15.3. The predicted molar refractivity (Wildman–Crippen MR) is 129 cm³/mol. The Morgan fingerprint density at radius 1 is 0.935 bits per heavy atom. The van der Waals surface area contributed by atoms with Gasteiger partial charge in [-0.3, -0.25) is 0 Å². The molecule has 1 aromatic carbocycles. The monoisotopic (exact) mass is 449 g/mol. The SMILES string of the molecule is CCCCCCCCCCCCOC(=O)/C(=C/C=C/N(C)C)S(=O)Oc1ccccc1. The first-order valence-electron chi connectivity index (χ1n) is 11.4. The van der Waals surface area contributed by atoms with Gasteiger partial charge < -0.3 is 13.8 Å². The quantitative estimate of drug-likeness (QED) is 0.123. The second kappa shape index (κ2) is 17.6. The van der Waals surface area contributed by atoms with Gasteiger partial charge in [0.1, 0.15) is 5.75 Å². The zero-order valence-electron chi connectivity index (χ0n) is 19.4. The van der Waals surface area contributed by atoms with Crippen molar-refractivity contribution >= 4 is 17.0 Å². The Morgan fingerprint density at radius 3 is 2.10 bits per heavy atom. The van der Waals surface area contributed by atoms with E-state index in [0.29, 0.717) is 12.4 Å². The van der Waals surface area contributed by atoms with Gasteiger partial charge in [-0.2, -0.15) is 0 Å². The van der Waals surface area contributed by atoms with Crippen LogP contribution in [0.5, 0.6) is 5.75 Å². The molecule has 174 valence electrons. The number of allylic oxidation sites excluding steroid dienone is 2. The van der Waals surface area contributed by atoms with E-state index < -0.39 is 17.0 Å². The maximum atomic E-state index is 12.6. The molecule has 0 heterocycles. The average molecular weight is 450 g/mol. The Bertz CT molecular complexity index is 686. The molecule has 6 heteroatoms. The fraction of sp³-hybridized carbons (Fsp3) is 0.560. The minimum Gasteiger partial charge on any atom is -0.462 e. The van der Waals surface area contributed by atoms with Crippen molar-refractivity contribution in [2.45, 2.75) is 71.1 Å². The molecular weight excluding hydrogens is 410 g/mol. The number of hydrogen-bond donors (Lipinski definition) is 0. The third-order valence-corrected chi connectivity index (χ3v) is 5.66. The van der Waals surface area contributed by atoms with E-state index >= 15 is 0 Å². The Labute approximate surface area is 191 Å². The van der Waals surface area contributed by atoms with Gasteiger partial charge in [0.05, 0.1) is 6.61 Å². The summed E-state index contributed by atoms with van der Waals surface area (Å²) in [6, 6.07) is 8.80. The van der Waals surface area contributed by atoms with Crippen molar-refractivity contribution in [3.8, 4) is 5.75 Å². The Morgan fingerprint density at radius 2 is 1.52 bits per heavy atom. The standard InChI is InChI=1S/C25H39NO4S/c1-4-5-6-7-8-9-10-11-12-16-22-29-25(27)24(20-17-21-26(2)3)31(28)30-23-18-14-13-15-19-23/h13-15,17-21H,4-12,16,22H2,1-3H3/b21-17+,24-20-. The normalized spacial score (nSPS) is 12.7. The lowest BCUT2D eigenvalue weighted by atomic mass is 10.1. The molecule has 0 radical (unpaired) electrons. The zero-order chi connectivity index (χ0) is 22.7. The molecule has 1 rings (SSSR count). The molecule has 0 spiro atoms. The van der Waals surface area contributed by atoms with Crippen LogP contribution in [0.4, 0.5) is 0 Å². The lowest BCUT2D eigenvalue weighted by Gasteiger charge is -2.09. The maximum absolute atomic E-state index is 12.6. The number of rotatable bonds is 17. The van der Waals surface area contributed by atoms with Crippen LogP contribution >= 0.6 is 0 Å². The van der Waals surface area contributed by atoms with Crippen molar-refractivity contribution in [2.75, 3.05) is 20.7 Å². The first kappa shape index (κ1) is 27.0. The minimum atomic E-state index is -1.95. The zero-order valence-corrected chi connectivity index (χ0v) is 20.2. The first-order valence-corrected chi connectivity index (χ1v) is 12.5. The van der Waals surface area contributed by atoms with E-state index in [9.17, 15) is 9.00 Å². The second-order valence-electron chi connectivity index (χ2n) is 7.79. The summed E-state index contributed by atoms with van der Waals surface area (Å²) in [6.07, 6.45) is 17.0. The van der Waals surface area contributed by atoms with Crippen LogP contribution in [0.1, 0.15) is 71.1 Å². The van der Waals surface area contributed by atoms with Crippen LogP contribution in [0.3, 0.4) is 0 Å². The van der Waals surface area contributed by atoms with Gasteiger partial charge in [-0.05, 0) is 36.9 Å². The second-order valence-corrected chi connectivity index (χ2v) is 8.86. The van der Waals surface area contributed by atoms with E-state index in [0.717, 1.165) is 19.3 Å². The Balaban J connectivity index is 2.40. The Hall–Kier alpha value is -2.08. The highest BCUT2D eigenvalue weighted by molar-refractivity contribution is 7.85. The van der Waals surface area contributed by atoms with Gasteiger partial charge in [0.25, 0.3) is 0 Å². The van der Waals surface area contributed by atoms with Gasteiger partial charge >= 0.3 is 5.97 Å². The van der Waals surface area contributed by atoms with E-state index in [4.69, 9.17) is 8.92 Å². The average Bonchev–Trinajstić information content (AvgIpc) is 2.75. The summed E-state index contributed by atoms with van der Waals surface area (Å²) in [5.41, 5.74) is 0. The molecule has 5 nitrogen and oxygen atoms in total. The van der Waals surface area contributed by atoms with Crippen LogP contribution in [-0.2, 0) is 20.6 Å². The number of benzene rings is 1. The summed E-state index contributed by atoms with van der Waals surface area (Å²) in [4.78, 5) is 14.3. The molecule has 0 aliphatic heterocycles. The number of para-hydroxylation sites is 1. The molecular formula is C25H39NO4S. The third-order valence-electron chi connectivity index (χ3n) is 4.66. The summed E-state index contributed by atoms with van der Waals surface area (Å²) >= 11 is -1.95. The van der Waals surface area contributed by atoms with Crippen LogP contribution in [0.25, 0.3) is 0 Å². The highest BCUT2D eigenvalue weighted by Crippen LogP contribution is 2.16.